The van der Waals surface area contributed by atoms with Crippen LogP contribution in [0.5, 0.6) is 0 Å². The molecule has 1 unspecified atom stereocenters. The Morgan fingerprint density at radius 3 is 2.86 bits per heavy atom. The highest BCUT2D eigenvalue weighted by Crippen LogP contribution is 2.26. The molecule has 0 aliphatic carbocycles. The van der Waals surface area contributed by atoms with Crippen molar-refractivity contribution in [3.63, 3.8) is 0 Å². The van der Waals surface area contributed by atoms with Crippen molar-refractivity contribution >= 4 is 31.9 Å². The van der Waals surface area contributed by atoms with E-state index >= 15 is 0 Å². The van der Waals surface area contributed by atoms with Gasteiger partial charge >= 0.3 is 0 Å². The minimum Gasteiger partial charge on any atom is -0.452 e. The number of halogens is 2. The molecule has 0 amide bonds. The molecule has 0 spiro atoms. The van der Waals surface area contributed by atoms with Crippen molar-refractivity contribution in [3.05, 3.63) is 21.0 Å². The highest BCUT2D eigenvalue weighted by molar-refractivity contribution is 9.13. The third-order valence-corrected chi connectivity index (χ3v) is 3.38. The van der Waals surface area contributed by atoms with E-state index in [2.05, 4.69) is 43.2 Å². The zero-order valence-electron chi connectivity index (χ0n) is 7.68. The van der Waals surface area contributed by atoms with Gasteiger partial charge in [0, 0.05) is 6.54 Å². The topological polar surface area (TPSA) is 49.0 Å². The number of rotatable bonds is 4. The lowest BCUT2D eigenvalue weighted by molar-refractivity contribution is 0.457. The van der Waals surface area contributed by atoms with E-state index in [1.165, 1.54) is 0 Å². The van der Waals surface area contributed by atoms with E-state index in [-0.39, 0.29) is 5.92 Å². The zero-order chi connectivity index (χ0) is 10.6. The Hall–Kier alpha value is -0.310. The Morgan fingerprint density at radius 2 is 2.36 bits per heavy atom. The van der Waals surface area contributed by atoms with Gasteiger partial charge in [-0.3, -0.25) is 0 Å². The first-order valence-electron chi connectivity index (χ1n) is 4.17. The van der Waals surface area contributed by atoms with E-state index in [1.54, 1.807) is 0 Å². The van der Waals surface area contributed by atoms with Crippen LogP contribution in [0.4, 0.5) is 0 Å². The number of hydrogen-bond acceptors (Lipinski definition) is 3. The van der Waals surface area contributed by atoms with E-state index < -0.39 is 0 Å². The summed E-state index contributed by atoms with van der Waals surface area (Å²) < 4.78 is 6.96. The van der Waals surface area contributed by atoms with Gasteiger partial charge in [-0.2, -0.15) is 5.26 Å². The summed E-state index contributed by atoms with van der Waals surface area (Å²) in [6.45, 7) is 3.18. The summed E-state index contributed by atoms with van der Waals surface area (Å²) in [5, 5.41) is 11.7. The van der Waals surface area contributed by atoms with Gasteiger partial charge in [-0.25, -0.2) is 0 Å². The van der Waals surface area contributed by atoms with Crippen molar-refractivity contribution in [3.8, 4) is 6.07 Å². The van der Waals surface area contributed by atoms with Crippen molar-refractivity contribution < 1.29 is 4.42 Å². The molecule has 0 aliphatic heterocycles. The Kier molecular flexibility index (Phi) is 4.66. The normalized spacial score (nSPS) is 12.4. The maximum atomic E-state index is 8.55. The first kappa shape index (κ1) is 11.8. The van der Waals surface area contributed by atoms with Crippen LogP contribution >= 0.6 is 31.9 Å². The molecular weight excluding hydrogens is 312 g/mol. The quantitative estimate of drug-likeness (QED) is 0.927. The van der Waals surface area contributed by atoms with E-state index in [9.17, 15) is 0 Å². The van der Waals surface area contributed by atoms with Crippen molar-refractivity contribution in [1.29, 1.82) is 5.26 Å². The monoisotopic (exact) mass is 320 g/mol. The molecule has 1 heterocycles. The highest BCUT2D eigenvalue weighted by atomic mass is 79.9. The predicted octanol–water partition coefficient (Wildman–Crippen LogP) is 3.05. The summed E-state index contributed by atoms with van der Waals surface area (Å²) in [5.74, 6) is 0.866. The summed E-state index contributed by atoms with van der Waals surface area (Å²) in [4.78, 5) is 0. The van der Waals surface area contributed by atoms with Crippen LogP contribution in [0.25, 0.3) is 0 Å². The van der Waals surface area contributed by atoms with Crippen LogP contribution in [0.15, 0.2) is 19.6 Å². The van der Waals surface area contributed by atoms with Crippen LogP contribution in [-0.2, 0) is 6.54 Å². The van der Waals surface area contributed by atoms with Gasteiger partial charge in [0.1, 0.15) is 5.76 Å². The fourth-order valence-corrected chi connectivity index (χ4v) is 1.59. The van der Waals surface area contributed by atoms with Crippen molar-refractivity contribution in [2.75, 3.05) is 6.54 Å². The minimum atomic E-state index is 0.0249. The molecule has 0 saturated carbocycles. The molecule has 0 bridgehead atoms. The van der Waals surface area contributed by atoms with Gasteiger partial charge in [-0.05, 0) is 44.8 Å². The molecule has 3 nitrogen and oxygen atoms in total. The van der Waals surface area contributed by atoms with E-state index in [0.717, 1.165) is 10.2 Å². The second kappa shape index (κ2) is 5.54. The molecule has 0 aliphatic rings. The van der Waals surface area contributed by atoms with Crippen molar-refractivity contribution in [2.45, 2.75) is 13.5 Å². The fraction of sp³-hybridized carbons (Fsp3) is 0.444. The van der Waals surface area contributed by atoms with Gasteiger partial charge in [0.25, 0.3) is 0 Å². The summed E-state index contributed by atoms with van der Waals surface area (Å²) in [5.41, 5.74) is 0. The van der Waals surface area contributed by atoms with E-state index in [4.69, 9.17) is 9.68 Å². The summed E-state index contributed by atoms with van der Waals surface area (Å²) in [7, 11) is 0. The summed E-state index contributed by atoms with van der Waals surface area (Å²) in [6, 6.07) is 4.05. The molecule has 0 saturated heterocycles. The number of nitrogens with zero attached hydrogens (tertiary/aromatic N) is 1. The molecule has 1 N–H and O–H groups in total. The average Bonchev–Trinajstić information content (AvgIpc) is 2.46. The molecule has 5 heteroatoms. The Morgan fingerprint density at radius 1 is 1.64 bits per heavy atom. The first-order chi connectivity index (χ1) is 6.63. The van der Waals surface area contributed by atoms with Crippen LogP contribution in [0.3, 0.4) is 0 Å². The first-order valence-corrected chi connectivity index (χ1v) is 5.76. The molecule has 0 fully saturated rings. The average molecular weight is 322 g/mol. The number of furan rings is 1. The highest BCUT2D eigenvalue weighted by Gasteiger charge is 2.06. The molecule has 1 aromatic heterocycles. The zero-order valence-corrected chi connectivity index (χ0v) is 10.9. The molecule has 14 heavy (non-hydrogen) atoms. The molecule has 76 valence electrons. The number of nitriles is 1. The van der Waals surface area contributed by atoms with Crippen molar-refractivity contribution in [1.82, 2.24) is 5.32 Å². The SMILES string of the molecule is CC(C#N)CNCc1cc(Br)c(Br)o1. The standard InChI is InChI=1S/C9H10Br2N2O/c1-6(3-12)4-13-5-7-2-8(10)9(11)14-7/h2,6,13H,4-5H2,1H3. The van der Waals surface area contributed by atoms with Gasteiger partial charge in [-0.1, -0.05) is 0 Å². The second-order valence-corrected chi connectivity index (χ2v) is 4.57. The van der Waals surface area contributed by atoms with Crippen LogP contribution in [0, 0.1) is 17.2 Å². The molecule has 1 atom stereocenters. The molecule has 0 radical (unpaired) electrons. The van der Waals surface area contributed by atoms with Crippen LogP contribution < -0.4 is 5.32 Å². The van der Waals surface area contributed by atoms with E-state index in [0.29, 0.717) is 17.8 Å². The minimum absolute atomic E-state index is 0.0249. The van der Waals surface area contributed by atoms with Crippen LogP contribution in [0.2, 0.25) is 0 Å². The summed E-state index contributed by atoms with van der Waals surface area (Å²) >= 11 is 6.59. The molecular formula is C9H10Br2N2O. The second-order valence-electron chi connectivity index (χ2n) is 3.00. The van der Waals surface area contributed by atoms with Crippen LogP contribution in [-0.4, -0.2) is 6.54 Å². The predicted molar refractivity (Wildman–Crippen MR) is 60.6 cm³/mol. The Labute approximate surface area is 99.7 Å². The van der Waals surface area contributed by atoms with E-state index in [1.807, 2.05) is 13.0 Å². The Bertz CT molecular complexity index is 324. The van der Waals surface area contributed by atoms with Gasteiger partial charge in [0.05, 0.1) is 23.0 Å². The van der Waals surface area contributed by atoms with Gasteiger partial charge in [0.15, 0.2) is 4.67 Å². The molecule has 0 aromatic carbocycles. The van der Waals surface area contributed by atoms with Crippen LogP contribution in [0.1, 0.15) is 12.7 Å². The molecule has 1 aromatic rings. The van der Waals surface area contributed by atoms with Gasteiger partial charge in [0.2, 0.25) is 0 Å². The lowest BCUT2D eigenvalue weighted by Crippen LogP contribution is -2.19. The van der Waals surface area contributed by atoms with Crippen molar-refractivity contribution in [2.24, 2.45) is 5.92 Å². The molecule has 1 rings (SSSR count). The maximum Gasteiger partial charge on any atom is 0.183 e. The number of nitrogens with one attached hydrogen (secondary N) is 1. The largest absolute Gasteiger partial charge is 0.452 e. The third-order valence-electron chi connectivity index (χ3n) is 1.67. The maximum absolute atomic E-state index is 8.55. The lowest BCUT2D eigenvalue weighted by atomic mass is 10.2. The fourth-order valence-electron chi connectivity index (χ4n) is 0.936. The lowest BCUT2D eigenvalue weighted by Gasteiger charge is -2.02. The number of hydrogen-bond donors (Lipinski definition) is 1. The van der Waals surface area contributed by atoms with Gasteiger partial charge in [-0.15, -0.1) is 0 Å². The smallest absolute Gasteiger partial charge is 0.183 e. The summed E-state index contributed by atoms with van der Waals surface area (Å²) in [6.07, 6.45) is 0. The van der Waals surface area contributed by atoms with Gasteiger partial charge < -0.3 is 9.73 Å². The third kappa shape index (κ3) is 3.45. The Balaban J connectivity index is 2.36.